The molecule has 0 spiro atoms. The van der Waals surface area contributed by atoms with Gasteiger partial charge in [0.05, 0.1) is 0 Å². The Labute approximate surface area is 110 Å². The van der Waals surface area contributed by atoms with Crippen molar-refractivity contribution in [2.75, 3.05) is 6.61 Å². The number of nitrogens with one attached hydrogen (secondary N) is 1. The Hall–Kier alpha value is -1.53. The second-order valence-electron chi connectivity index (χ2n) is 5.08. The summed E-state index contributed by atoms with van der Waals surface area (Å²) in [6.07, 6.45) is 2.32. The molecule has 18 heavy (non-hydrogen) atoms. The van der Waals surface area contributed by atoms with Crippen molar-refractivity contribution in [3.8, 4) is 11.8 Å². The van der Waals surface area contributed by atoms with Gasteiger partial charge in [0.2, 0.25) is 0 Å². The minimum absolute atomic E-state index is 0.0954. The maximum atomic E-state index is 8.48. The molecule has 1 N–H and O–H groups in total. The number of hydrogen-bond donors (Lipinski definition) is 1. The van der Waals surface area contributed by atoms with Crippen molar-refractivity contribution >= 4 is 0 Å². The lowest BCUT2D eigenvalue weighted by Crippen LogP contribution is -2.38. The van der Waals surface area contributed by atoms with E-state index >= 15 is 0 Å². The van der Waals surface area contributed by atoms with Gasteiger partial charge in [-0.1, -0.05) is 25.5 Å². The molecule has 0 aliphatic carbocycles. The molecule has 1 aromatic carbocycles. The molecule has 1 aromatic rings. The van der Waals surface area contributed by atoms with E-state index < -0.39 is 0 Å². The smallest absolute Gasteiger partial charge is 0.174 e. The fourth-order valence-corrected chi connectivity index (χ4v) is 1.92. The van der Waals surface area contributed by atoms with E-state index in [4.69, 9.17) is 10.00 Å². The highest BCUT2D eigenvalue weighted by atomic mass is 16.5. The van der Waals surface area contributed by atoms with Gasteiger partial charge >= 0.3 is 0 Å². The lowest BCUT2D eigenvalue weighted by molar-refractivity contribution is 0.353. The van der Waals surface area contributed by atoms with Crippen molar-refractivity contribution in [1.82, 2.24) is 5.32 Å². The summed E-state index contributed by atoms with van der Waals surface area (Å²) in [4.78, 5) is 0. The number of nitriles is 1. The van der Waals surface area contributed by atoms with Crippen molar-refractivity contribution in [3.63, 3.8) is 0 Å². The van der Waals surface area contributed by atoms with E-state index in [-0.39, 0.29) is 12.1 Å². The first kappa shape index (κ1) is 14.5. The van der Waals surface area contributed by atoms with Crippen LogP contribution in [0.1, 0.15) is 39.2 Å². The molecule has 98 valence electrons. The van der Waals surface area contributed by atoms with Crippen molar-refractivity contribution < 1.29 is 4.74 Å². The summed E-state index contributed by atoms with van der Waals surface area (Å²) in [6.45, 7) is 7.54. The average Bonchev–Trinajstić information content (AvgIpc) is 2.35. The van der Waals surface area contributed by atoms with Crippen LogP contribution in [0.5, 0.6) is 5.75 Å². The van der Waals surface area contributed by atoms with Crippen molar-refractivity contribution in [3.05, 3.63) is 29.8 Å². The van der Waals surface area contributed by atoms with Gasteiger partial charge in [-0.2, -0.15) is 5.26 Å². The van der Waals surface area contributed by atoms with Crippen LogP contribution in [0.15, 0.2) is 24.3 Å². The summed E-state index contributed by atoms with van der Waals surface area (Å²) in [5, 5.41) is 12.0. The van der Waals surface area contributed by atoms with E-state index in [0.29, 0.717) is 0 Å². The molecular formula is C15H22N2O. The topological polar surface area (TPSA) is 45.0 Å². The molecule has 0 aliphatic heterocycles. The Morgan fingerprint density at radius 2 is 2.17 bits per heavy atom. The number of ether oxygens (including phenoxy) is 1. The van der Waals surface area contributed by atoms with E-state index in [9.17, 15) is 0 Å². The second kappa shape index (κ2) is 7.03. The Morgan fingerprint density at radius 3 is 2.83 bits per heavy atom. The van der Waals surface area contributed by atoms with Crippen LogP contribution in [0.3, 0.4) is 0 Å². The first-order chi connectivity index (χ1) is 8.57. The van der Waals surface area contributed by atoms with Crippen LogP contribution in [0.4, 0.5) is 0 Å². The molecule has 0 heterocycles. The Balaban J connectivity index is 2.54. The quantitative estimate of drug-likeness (QED) is 0.803. The first-order valence-corrected chi connectivity index (χ1v) is 6.41. The van der Waals surface area contributed by atoms with Crippen LogP contribution in [0.2, 0.25) is 0 Å². The monoisotopic (exact) mass is 246 g/mol. The molecule has 0 amide bonds. The Morgan fingerprint density at radius 1 is 1.39 bits per heavy atom. The molecule has 3 nitrogen and oxygen atoms in total. The first-order valence-electron chi connectivity index (χ1n) is 6.41. The molecule has 0 fully saturated rings. The van der Waals surface area contributed by atoms with Gasteiger partial charge < -0.3 is 10.1 Å². The van der Waals surface area contributed by atoms with E-state index in [1.807, 2.05) is 24.3 Å². The maximum Gasteiger partial charge on any atom is 0.174 e. The van der Waals surface area contributed by atoms with Crippen LogP contribution in [-0.4, -0.2) is 12.1 Å². The van der Waals surface area contributed by atoms with E-state index in [1.165, 1.54) is 12.0 Å². The van der Waals surface area contributed by atoms with Gasteiger partial charge in [-0.25, -0.2) is 0 Å². The van der Waals surface area contributed by atoms with Crippen LogP contribution < -0.4 is 10.1 Å². The van der Waals surface area contributed by atoms with Gasteiger partial charge in [-0.3, -0.25) is 0 Å². The lowest BCUT2D eigenvalue weighted by Gasteiger charge is -2.26. The number of nitrogens with zero attached hydrogens (tertiary/aromatic N) is 1. The predicted octanol–water partition coefficient (Wildman–Crippen LogP) is 3.26. The fourth-order valence-electron chi connectivity index (χ4n) is 1.92. The van der Waals surface area contributed by atoms with Crippen molar-refractivity contribution in [1.29, 1.82) is 5.26 Å². The number of hydrogen-bond acceptors (Lipinski definition) is 3. The SMILES string of the molecule is CCCC(C)(C)NCc1cccc(OCC#N)c1. The average molecular weight is 246 g/mol. The highest BCUT2D eigenvalue weighted by Gasteiger charge is 2.14. The summed E-state index contributed by atoms with van der Waals surface area (Å²) in [7, 11) is 0. The largest absolute Gasteiger partial charge is 0.479 e. The minimum Gasteiger partial charge on any atom is -0.479 e. The number of benzene rings is 1. The molecule has 0 bridgehead atoms. The minimum atomic E-state index is 0.0954. The van der Waals surface area contributed by atoms with Crippen molar-refractivity contribution in [2.24, 2.45) is 0 Å². The highest BCUT2D eigenvalue weighted by Crippen LogP contribution is 2.16. The van der Waals surface area contributed by atoms with Gasteiger partial charge in [-0.15, -0.1) is 0 Å². The third-order valence-electron chi connectivity index (χ3n) is 2.85. The van der Waals surface area contributed by atoms with Gasteiger partial charge in [0, 0.05) is 12.1 Å². The molecule has 0 unspecified atom stereocenters. The molecule has 0 aromatic heterocycles. The third kappa shape index (κ3) is 5.20. The number of rotatable bonds is 7. The zero-order valence-electron chi connectivity index (χ0n) is 11.5. The van der Waals surface area contributed by atoms with Crippen LogP contribution in [0.25, 0.3) is 0 Å². The summed E-state index contributed by atoms with van der Waals surface area (Å²) in [5.41, 5.74) is 1.33. The Kier molecular flexibility index (Phi) is 5.67. The molecule has 0 saturated heterocycles. The summed E-state index contributed by atoms with van der Waals surface area (Å²) >= 11 is 0. The summed E-state index contributed by atoms with van der Waals surface area (Å²) in [6, 6.07) is 9.84. The molecule has 0 aliphatic rings. The van der Waals surface area contributed by atoms with Gasteiger partial charge in [-0.05, 0) is 38.0 Å². The molecule has 0 radical (unpaired) electrons. The molecular weight excluding hydrogens is 224 g/mol. The lowest BCUT2D eigenvalue weighted by atomic mass is 9.98. The molecule has 3 heteroatoms. The maximum absolute atomic E-state index is 8.48. The zero-order chi connectivity index (χ0) is 13.4. The third-order valence-corrected chi connectivity index (χ3v) is 2.85. The van der Waals surface area contributed by atoms with E-state index in [0.717, 1.165) is 18.7 Å². The van der Waals surface area contributed by atoms with Crippen LogP contribution in [0, 0.1) is 11.3 Å². The summed E-state index contributed by atoms with van der Waals surface area (Å²) in [5.74, 6) is 0.754. The van der Waals surface area contributed by atoms with Crippen LogP contribution in [-0.2, 0) is 6.54 Å². The second-order valence-corrected chi connectivity index (χ2v) is 5.08. The van der Waals surface area contributed by atoms with E-state index in [2.05, 4.69) is 32.2 Å². The van der Waals surface area contributed by atoms with E-state index in [1.54, 1.807) is 0 Å². The van der Waals surface area contributed by atoms with Gasteiger partial charge in [0.1, 0.15) is 11.8 Å². The van der Waals surface area contributed by atoms with Gasteiger partial charge in [0.25, 0.3) is 0 Å². The fraction of sp³-hybridized carbons (Fsp3) is 0.533. The molecule has 0 atom stereocenters. The molecule has 0 saturated carbocycles. The zero-order valence-corrected chi connectivity index (χ0v) is 11.5. The predicted molar refractivity (Wildman–Crippen MR) is 73.4 cm³/mol. The summed E-state index contributed by atoms with van der Waals surface area (Å²) < 4.78 is 5.29. The van der Waals surface area contributed by atoms with Gasteiger partial charge in [0.15, 0.2) is 6.61 Å². The van der Waals surface area contributed by atoms with Crippen molar-refractivity contribution in [2.45, 2.75) is 45.7 Å². The molecule has 1 rings (SSSR count). The highest BCUT2D eigenvalue weighted by molar-refractivity contribution is 5.28. The normalized spacial score (nSPS) is 11.0. The Bertz CT molecular complexity index is 407. The standard InChI is InChI=1S/C15H22N2O/c1-4-8-15(2,3)17-12-13-6-5-7-14(11-13)18-10-9-16/h5-7,11,17H,4,8,10,12H2,1-3H3. The van der Waals surface area contributed by atoms with Crippen LogP contribution >= 0.6 is 0 Å².